The van der Waals surface area contributed by atoms with Crippen LogP contribution in [0.2, 0.25) is 0 Å². The largest absolute Gasteiger partial charge is 0.422 e. The van der Waals surface area contributed by atoms with Gasteiger partial charge in [0, 0.05) is 31.6 Å². The molecule has 2 amide bonds. The molecule has 1 aliphatic rings. The number of nitrogens with zero attached hydrogens (tertiary/aromatic N) is 1. The van der Waals surface area contributed by atoms with E-state index in [4.69, 9.17) is 10.2 Å². The summed E-state index contributed by atoms with van der Waals surface area (Å²) in [6, 6.07) is 7.14. The smallest absolute Gasteiger partial charge is 0.349 e. The lowest BCUT2D eigenvalue weighted by molar-refractivity contribution is -0.126. The van der Waals surface area contributed by atoms with Crippen molar-refractivity contribution in [3.8, 4) is 0 Å². The lowest BCUT2D eigenvalue weighted by atomic mass is 9.96. The van der Waals surface area contributed by atoms with Gasteiger partial charge in [-0.15, -0.1) is 12.4 Å². The first-order valence-electron chi connectivity index (χ1n) is 8.82. The van der Waals surface area contributed by atoms with Gasteiger partial charge < -0.3 is 20.4 Å². The van der Waals surface area contributed by atoms with Crippen LogP contribution in [0.4, 0.5) is 0 Å². The summed E-state index contributed by atoms with van der Waals surface area (Å²) in [5.74, 6) is -0.763. The second-order valence-corrected chi connectivity index (χ2v) is 6.56. The Balaban J connectivity index is 0.00000261. The molecule has 0 saturated carbocycles. The fraction of sp³-hybridized carbons (Fsp3) is 0.421. The van der Waals surface area contributed by atoms with Gasteiger partial charge in [0.25, 0.3) is 5.91 Å². The summed E-state index contributed by atoms with van der Waals surface area (Å²) < 4.78 is 5.32. The van der Waals surface area contributed by atoms with Crippen molar-refractivity contribution in [2.45, 2.75) is 19.8 Å². The molecule has 1 atom stereocenters. The molecule has 3 rings (SSSR count). The number of nitrogens with two attached hydrogens (primary N) is 1. The van der Waals surface area contributed by atoms with Gasteiger partial charge in [-0.25, -0.2) is 4.79 Å². The summed E-state index contributed by atoms with van der Waals surface area (Å²) in [4.78, 5) is 39.1. The predicted octanol–water partition coefficient (Wildman–Crippen LogP) is 1.45. The summed E-state index contributed by atoms with van der Waals surface area (Å²) in [6.45, 7) is 3.35. The molecule has 0 bridgehead atoms. The highest BCUT2D eigenvalue weighted by Crippen LogP contribution is 2.23. The molecule has 0 radical (unpaired) electrons. The molecule has 2 heterocycles. The Bertz CT molecular complexity index is 896. The van der Waals surface area contributed by atoms with E-state index < -0.39 is 5.63 Å². The summed E-state index contributed by atoms with van der Waals surface area (Å²) in [6.07, 6.45) is 1.43. The topological polar surface area (TPSA) is 106 Å². The van der Waals surface area contributed by atoms with E-state index in [0.717, 1.165) is 5.39 Å². The summed E-state index contributed by atoms with van der Waals surface area (Å²) in [5, 5.41) is 3.51. The zero-order chi connectivity index (χ0) is 18.7. The number of fused-ring (bicyclic) bond motifs is 1. The van der Waals surface area contributed by atoms with Crippen LogP contribution in [0.3, 0.4) is 0 Å². The van der Waals surface area contributed by atoms with Gasteiger partial charge in [-0.05, 0) is 31.4 Å². The molecule has 27 heavy (non-hydrogen) atoms. The quantitative estimate of drug-likeness (QED) is 0.765. The zero-order valence-electron chi connectivity index (χ0n) is 15.2. The number of nitrogens with one attached hydrogen (secondary N) is 1. The number of halogens is 1. The first-order valence-corrected chi connectivity index (χ1v) is 8.82. The number of carbonyl (C=O) groups excluding carboxylic acids is 2. The van der Waals surface area contributed by atoms with E-state index in [1.54, 1.807) is 24.0 Å². The van der Waals surface area contributed by atoms with Gasteiger partial charge in [-0.3, -0.25) is 9.59 Å². The molecule has 0 aliphatic carbocycles. The number of carbonyl (C=O) groups is 2. The Morgan fingerprint density at radius 3 is 2.81 bits per heavy atom. The van der Waals surface area contributed by atoms with Gasteiger partial charge in [-0.2, -0.15) is 0 Å². The van der Waals surface area contributed by atoms with Crippen LogP contribution >= 0.6 is 12.4 Å². The molecule has 1 aromatic carbocycles. The van der Waals surface area contributed by atoms with Crippen LogP contribution in [0.5, 0.6) is 0 Å². The number of hydrogen-bond donors (Lipinski definition) is 2. The molecule has 1 aromatic heterocycles. The standard InChI is InChI=1S/C19H23N3O4.ClH/c1-12-14-6-2-3-7-15(14)26-19(25)16(12)18(24)22-10-4-5-13(11-22)17(23)21-9-8-20;/h2-3,6-7,13H,4-5,8-11,20H2,1H3,(H,21,23);1H. The molecule has 2 aromatic rings. The third-order valence-electron chi connectivity index (χ3n) is 4.81. The molecule has 1 aliphatic heterocycles. The highest BCUT2D eigenvalue weighted by molar-refractivity contribution is 5.99. The SMILES string of the molecule is Cc1c(C(=O)N2CCCC(C(=O)NCCN)C2)c(=O)oc2ccccc12.Cl. The third-order valence-corrected chi connectivity index (χ3v) is 4.81. The van der Waals surface area contributed by atoms with Crippen LogP contribution in [0, 0.1) is 12.8 Å². The fourth-order valence-electron chi connectivity index (χ4n) is 3.43. The van der Waals surface area contributed by atoms with E-state index in [0.29, 0.717) is 50.2 Å². The molecule has 7 nitrogen and oxygen atoms in total. The lowest BCUT2D eigenvalue weighted by Gasteiger charge is -2.32. The van der Waals surface area contributed by atoms with Crippen molar-refractivity contribution in [1.29, 1.82) is 0 Å². The Kier molecular flexibility index (Phi) is 6.98. The molecule has 8 heteroatoms. The van der Waals surface area contributed by atoms with Crippen LogP contribution in [-0.4, -0.2) is 42.9 Å². The molecule has 0 spiro atoms. The average molecular weight is 394 g/mol. The minimum atomic E-state index is -0.638. The van der Waals surface area contributed by atoms with Gasteiger partial charge in [0.2, 0.25) is 5.91 Å². The maximum atomic E-state index is 13.0. The average Bonchev–Trinajstić information content (AvgIpc) is 2.66. The van der Waals surface area contributed by atoms with Crippen molar-refractivity contribution in [2.24, 2.45) is 11.7 Å². The normalized spacial score (nSPS) is 16.7. The molecule has 1 unspecified atom stereocenters. The second-order valence-electron chi connectivity index (χ2n) is 6.56. The Labute approximate surface area is 163 Å². The highest BCUT2D eigenvalue weighted by atomic mass is 35.5. The van der Waals surface area contributed by atoms with Gasteiger partial charge in [-0.1, -0.05) is 18.2 Å². The number of rotatable bonds is 4. The van der Waals surface area contributed by atoms with Crippen LogP contribution < -0.4 is 16.7 Å². The predicted molar refractivity (Wildman–Crippen MR) is 105 cm³/mol. The second kappa shape index (κ2) is 9.01. The Morgan fingerprint density at radius 2 is 2.07 bits per heavy atom. The minimum Gasteiger partial charge on any atom is -0.422 e. The van der Waals surface area contributed by atoms with Crippen molar-refractivity contribution in [3.05, 3.63) is 45.8 Å². The van der Waals surface area contributed by atoms with Crippen LogP contribution in [-0.2, 0) is 4.79 Å². The van der Waals surface area contributed by atoms with Crippen molar-refractivity contribution in [3.63, 3.8) is 0 Å². The Hall–Kier alpha value is -2.38. The van der Waals surface area contributed by atoms with Crippen molar-refractivity contribution in [1.82, 2.24) is 10.2 Å². The van der Waals surface area contributed by atoms with Crippen molar-refractivity contribution in [2.75, 3.05) is 26.2 Å². The van der Waals surface area contributed by atoms with Gasteiger partial charge in [0.1, 0.15) is 11.1 Å². The highest BCUT2D eigenvalue weighted by Gasteiger charge is 2.31. The van der Waals surface area contributed by atoms with Crippen LogP contribution in [0.1, 0.15) is 28.8 Å². The van der Waals surface area contributed by atoms with E-state index in [2.05, 4.69) is 5.32 Å². The zero-order valence-corrected chi connectivity index (χ0v) is 16.0. The fourth-order valence-corrected chi connectivity index (χ4v) is 3.43. The summed E-state index contributed by atoms with van der Waals surface area (Å²) in [7, 11) is 0. The Morgan fingerprint density at radius 1 is 1.33 bits per heavy atom. The van der Waals surface area contributed by atoms with E-state index in [9.17, 15) is 14.4 Å². The van der Waals surface area contributed by atoms with Crippen molar-refractivity contribution >= 4 is 35.2 Å². The van der Waals surface area contributed by atoms with E-state index in [1.165, 1.54) is 0 Å². The van der Waals surface area contributed by atoms with Gasteiger partial charge >= 0.3 is 5.63 Å². The molecular formula is C19H24ClN3O4. The molecule has 3 N–H and O–H groups in total. The number of para-hydroxylation sites is 1. The summed E-state index contributed by atoms with van der Waals surface area (Å²) in [5.41, 5.74) is 5.89. The first-order chi connectivity index (χ1) is 12.5. The number of benzene rings is 1. The number of hydrogen-bond acceptors (Lipinski definition) is 5. The molecule has 146 valence electrons. The number of piperidine rings is 1. The molecule has 1 saturated heterocycles. The maximum Gasteiger partial charge on any atom is 0.349 e. The molecule has 1 fully saturated rings. The van der Waals surface area contributed by atoms with E-state index in [-0.39, 0.29) is 35.7 Å². The van der Waals surface area contributed by atoms with Crippen molar-refractivity contribution < 1.29 is 14.0 Å². The number of amides is 2. The van der Waals surface area contributed by atoms with Crippen LogP contribution in [0.25, 0.3) is 11.0 Å². The lowest BCUT2D eigenvalue weighted by Crippen LogP contribution is -2.47. The van der Waals surface area contributed by atoms with Gasteiger partial charge in [0.05, 0.1) is 5.92 Å². The number of likely N-dealkylation sites (tertiary alicyclic amines) is 1. The number of aryl methyl sites for hydroxylation is 1. The minimum absolute atomic E-state index is 0. The van der Waals surface area contributed by atoms with E-state index in [1.807, 2.05) is 12.1 Å². The monoisotopic (exact) mass is 393 g/mol. The first kappa shape index (κ1) is 20.9. The van der Waals surface area contributed by atoms with E-state index >= 15 is 0 Å². The molecular weight excluding hydrogens is 370 g/mol. The third kappa shape index (κ3) is 4.31. The van der Waals surface area contributed by atoms with Gasteiger partial charge in [0.15, 0.2) is 0 Å². The summed E-state index contributed by atoms with van der Waals surface area (Å²) >= 11 is 0. The maximum absolute atomic E-state index is 13.0. The van der Waals surface area contributed by atoms with Crippen LogP contribution in [0.15, 0.2) is 33.5 Å².